The summed E-state index contributed by atoms with van der Waals surface area (Å²) in [6, 6.07) is 7.43. The lowest BCUT2D eigenvalue weighted by Gasteiger charge is -2.43. The molecule has 3 amide bonds. The van der Waals surface area contributed by atoms with E-state index in [4.69, 9.17) is 17.0 Å². The van der Waals surface area contributed by atoms with Gasteiger partial charge in [-0.1, -0.05) is 0 Å². The number of thiocarbonyl (C=S) groups is 1. The molecule has 1 spiro atoms. The van der Waals surface area contributed by atoms with Gasteiger partial charge in [0.1, 0.15) is 16.7 Å². The minimum absolute atomic E-state index is 0.0243. The summed E-state index contributed by atoms with van der Waals surface area (Å²) in [6.45, 7) is 9.91. The van der Waals surface area contributed by atoms with E-state index in [0.717, 1.165) is 23.6 Å². The maximum Gasteiger partial charge on any atom is 0.420 e. The number of ether oxygens (including phenoxy) is 1. The number of amides is 3. The number of carbonyl (C=O) groups excluding carboxylic acids is 3. The Labute approximate surface area is 252 Å². The maximum atomic E-state index is 13.7. The summed E-state index contributed by atoms with van der Waals surface area (Å²) < 4.78 is 46.5. The lowest BCUT2D eigenvalue weighted by molar-refractivity contribution is -0.137. The van der Waals surface area contributed by atoms with Gasteiger partial charge in [0, 0.05) is 37.4 Å². The molecular formula is C29H31F3N6O4S. The van der Waals surface area contributed by atoms with E-state index in [1.807, 2.05) is 0 Å². The molecule has 1 aromatic carbocycles. The quantitative estimate of drug-likeness (QED) is 0.345. The minimum Gasteiger partial charge on any atom is -0.444 e. The van der Waals surface area contributed by atoms with Crippen molar-refractivity contribution in [2.45, 2.75) is 57.3 Å². The molecule has 0 bridgehead atoms. The van der Waals surface area contributed by atoms with Crippen LogP contribution in [0.5, 0.6) is 0 Å². The van der Waals surface area contributed by atoms with Crippen molar-refractivity contribution in [3.05, 3.63) is 47.7 Å². The van der Waals surface area contributed by atoms with Crippen LogP contribution in [0.3, 0.4) is 0 Å². The molecule has 1 saturated carbocycles. The van der Waals surface area contributed by atoms with E-state index < -0.39 is 40.7 Å². The molecule has 3 fully saturated rings. The van der Waals surface area contributed by atoms with Crippen LogP contribution in [0.4, 0.5) is 35.2 Å². The van der Waals surface area contributed by atoms with Gasteiger partial charge in [0.05, 0.1) is 11.9 Å². The highest BCUT2D eigenvalue weighted by Gasteiger charge is 2.59. The van der Waals surface area contributed by atoms with Crippen LogP contribution in [0.15, 0.2) is 41.5 Å². The smallest absolute Gasteiger partial charge is 0.420 e. The summed E-state index contributed by atoms with van der Waals surface area (Å²) in [4.78, 5) is 52.4. The van der Waals surface area contributed by atoms with Crippen LogP contribution in [0.1, 0.15) is 56.0 Å². The summed E-state index contributed by atoms with van der Waals surface area (Å²) in [6.07, 6.45) is -2.37. The first-order valence-electron chi connectivity index (χ1n) is 13.8. The summed E-state index contributed by atoms with van der Waals surface area (Å²) in [5.41, 5.74) is -1.92. The van der Waals surface area contributed by atoms with E-state index in [-0.39, 0.29) is 16.7 Å². The van der Waals surface area contributed by atoms with Crippen LogP contribution in [-0.2, 0) is 15.7 Å². The molecule has 5 rings (SSSR count). The average Bonchev–Trinajstić information content (AvgIpc) is 3.17. The predicted octanol–water partition coefficient (Wildman–Crippen LogP) is 5.19. The van der Waals surface area contributed by atoms with Crippen LogP contribution < -0.4 is 9.80 Å². The molecule has 2 saturated heterocycles. The number of piperazine rings is 1. The molecule has 0 N–H and O–H groups in total. The number of rotatable bonds is 4. The van der Waals surface area contributed by atoms with E-state index in [0.29, 0.717) is 50.3 Å². The van der Waals surface area contributed by atoms with Gasteiger partial charge in [0.15, 0.2) is 10.9 Å². The van der Waals surface area contributed by atoms with Crippen molar-refractivity contribution in [1.82, 2.24) is 14.8 Å². The van der Waals surface area contributed by atoms with Crippen molar-refractivity contribution in [3.63, 3.8) is 0 Å². The highest BCUT2D eigenvalue weighted by atomic mass is 32.1. The van der Waals surface area contributed by atoms with E-state index >= 15 is 0 Å². The fourth-order valence-corrected chi connectivity index (χ4v) is 5.93. The highest BCUT2D eigenvalue weighted by Crippen LogP contribution is 2.48. The standard InChI is InChI=1S/C29H31F3N6O4S/c1-27(2,3)42-26(41)36-14-12-35(13-15-36)23(39)18-6-8-19(9-7-18)38-25(43)37(24(40)28(38)10-5-11-28)20-16-21(29(30,31)32)22(33-4)34-17-20/h6-9,16-17H,4-5,10-15H2,1-3H3. The fourth-order valence-electron chi connectivity index (χ4n) is 5.47. The Hall–Kier alpha value is -4.07. The second kappa shape index (κ2) is 10.9. The highest BCUT2D eigenvalue weighted by molar-refractivity contribution is 7.81. The molecule has 2 aromatic rings. The first kappa shape index (κ1) is 30.4. The van der Waals surface area contributed by atoms with Crippen molar-refractivity contribution in [2.24, 2.45) is 4.99 Å². The second-order valence-corrected chi connectivity index (χ2v) is 12.0. The zero-order chi connectivity index (χ0) is 31.3. The lowest BCUT2D eigenvalue weighted by atomic mass is 9.75. The Balaban J connectivity index is 1.34. The number of hydrogen-bond acceptors (Lipinski definition) is 7. The number of pyridine rings is 1. The number of halogens is 3. The van der Waals surface area contributed by atoms with E-state index in [1.165, 1.54) is 0 Å². The molecular weight excluding hydrogens is 585 g/mol. The molecule has 2 aliphatic heterocycles. The summed E-state index contributed by atoms with van der Waals surface area (Å²) >= 11 is 5.67. The number of aromatic nitrogens is 1. The molecule has 43 heavy (non-hydrogen) atoms. The van der Waals surface area contributed by atoms with Crippen molar-refractivity contribution in [1.29, 1.82) is 0 Å². The number of aliphatic imine (C=N–C) groups is 1. The van der Waals surface area contributed by atoms with Crippen LogP contribution in [0.2, 0.25) is 0 Å². The van der Waals surface area contributed by atoms with Gasteiger partial charge < -0.3 is 19.4 Å². The number of benzene rings is 1. The maximum absolute atomic E-state index is 13.7. The fraction of sp³-hybridized carbons (Fsp3) is 0.448. The van der Waals surface area contributed by atoms with Crippen LogP contribution >= 0.6 is 12.2 Å². The van der Waals surface area contributed by atoms with Gasteiger partial charge in [0.25, 0.3) is 11.8 Å². The first-order chi connectivity index (χ1) is 20.2. The summed E-state index contributed by atoms with van der Waals surface area (Å²) in [5.74, 6) is -1.23. The third-order valence-corrected chi connectivity index (χ3v) is 8.11. The van der Waals surface area contributed by atoms with Gasteiger partial charge in [-0.05, 0) is 89.3 Å². The number of alkyl halides is 3. The minimum atomic E-state index is -4.76. The first-order valence-corrected chi connectivity index (χ1v) is 14.2. The predicted molar refractivity (Wildman–Crippen MR) is 158 cm³/mol. The summed E-state index contributed by atoms with van der Waals surface area (Å²) in [5, 5.41) is 0.0243. The Bertz CT molecular complexity index is 1480. The molecule has 10 nitrogen and oxygen atoms in total. The third-order valence-electron chi connectivity index (χ3n) is 7.75. The number of hydrogen-bond donors (Lipinski definition) is 0. The lowest BCUT2D eigenvalue weighted by Crippen LogP contribution is -2.55. The van der Waals surface area contributed by atoms with Crippen molar-refractivity contribution >= 4 is 59.1 Å². The van der Waals surface area contributed by atoms with Gasteiger partial charge in [0.2, 0.25) is 0 Å². The van der Waals surface area contributed by atoms with E-state index in [2.05, 4.69) is 16.7 Å². The van der Waals surface area contributed by atoms with Gasteiger partial charge in [-0.2, -0.15) is 13.2 Å². The molecule has 14 heteroatoms. The Morgan fingerprint density at radius 2 is 1.63 bits per heavy atom. The van der Waals surface area contributed by atoms with Gasteiger partial charge >= 0.3 is 12.3 Å². The normalized spacial score (nSPS) is 18.7. The molecule has 0 unspecified atom stereocenters. The van der Waals surface area contributed by atoms with Gasteiger partial charge in [-0.25, -0.2) is 14.8 Å². The summed E-state index contributed by atoms with van der Waals surface area (Å²) in [7, 11) is 0. The molecule has 0 radical (unpaired) electrons. The Morgan fingerprint density at radius 1 is 1.02 bits per heavy atom. The molecule has 1 aliphatic carbocycles. The van der Waals surface area contributed by atoms with Crippen molar-refractivity contribution < 1.29 is 32.3 Å². The Kier molecular flexibility index (Phi) is 7.69. The molecule has 3 aliphatic rings. The number of anilines is 2. The van der Waals surface area contributed by atoms with Crippen molar-refractivity contribution in [2.75, 3.05) is 36.0 Å². The SMILES string of the molecule is C=Nc1ncc(N2C(=O)C3(CCC3)N(c3ccc(C(=O)N4CCN(C(=O)OC(C)(C)C)CC4)cc3)C2=S)cc1C(F)(F)F. The topological polar surface area (TPSA) is 98.6 Å². The van der Waals surface area contributed by atoms with E-state index in [9.17, 15) is 27.6 Å². The third kappa shape index (κ3) is 5.55. The van der Waals surface area contributed by atoms with Crippen LogP contribution in [0, 0.1) is 0 Å². The average molecular weight is 617 g/mol. The monoisotopic (exact) mass is 616 g/mol. The molecule has 3 heterocycles. The molecule has 1 aromatic heterocycles. The van der Waals surface area contributed by atoms with Gasteiger partial charge in [-0.15, -0.1) is 0 Å². The van der Waals surface area contributed by atoms with E-state index in [1.54, 1.807) is 59.7 Å². The largest absolute Gasteiger partial charge is 0.444 e. The Morgan fingerprint density at radius 3 is 2.14 bits per heavy atom. The number of nitrogens with zero attached hydrogens (tertiary/aromatic N) is 6. The zero-order valence-corrected chi connectivity index (χ0v) is 24.8. The number of carbonyl (C=O) groups is 3. The second-order valence-electron chi connectivity index (χ2n) is 11.7. The van der Waals surface area contributed by atoms with Crippen molar-refractivity contribution in [3.8, 4) is 0 Å². The molecule has 0 atom stereocenters. The van der Waals surface area contributed by atoms with Crippen LogP contribution in [0.25, 0.3) is 0 Å². The van der Waals surface area contributed by atoms with Gasteiger partial charge in [-0.3, -0.25) is 14.5 Å². The zero-order valence-electron chi connectivity index (χ0n) is 24.0. The molecule has 228 valence electrons. The van der Waals surface area contributed by atoms with Crippen LogP contribution in [-0.4, -0.2) is 81.8 Å².